The molecule has 9 heavy (non-hydrogen) atoms. The Morgan fingerprint density at radius 3 is 2.33 bits per heavy atom. The second-order valence-electron chi connectivity index (χ2n) is 1.55. The Bertz CT molecular complexity index is 149. The van der Waals surface area contributed by atoms with Crippen molar-refractivity contribution >= 4 is 6.29 Å². The highest BCUT2D eigenvalue weighted by molar-refractivity contribution is 5.49. The van der Waals surface area contributed by atoms with E-state index in [-0.39, 0.29) is 0 Å². The van der Waals surface area contributed by atoms with Gasteiger partial charge >= 0.3 is 0 Å². The van der Waals surface area contributed by atoms with Crippen molar-refractivity contribution in [3.8, 4) is 12.1 Å². The first kappa shape index (κ1) is 7.65. The van der Waals surface area contributed by atoms with Crippen LogP contribution in [-0.4, -0.2) is 6.29 Å². The molecule has 0 N–H and O–H groups in total. The minimum absolute atomic E-state index is 0.297. The molecule has 0 unspecified atom stereocenters. The van der Waals surface area contributed by atoms with Crippen molar-refractivity contribution in [2.45, 2.75) is 12.8 Å². The molecule has 0 aromatic rings. The maximum absolute atomic E-state index is 9.72. The van der Waals surface area contributed by atoms with Gasteiger partial charge in [-0.2, -0.15) is 10.5 Å². The van der Waals surface area contributed by atoms with Gasteiger partial charge in [0.25, 0.3) is 0 Å². The smallest absolute Gasteiger partial charge is 0.133 e. The third kappa shape index (κ3) is 3.25. The van der Waals surface area contributed by atoms with Crippen LogP contribution >= 0.6 is 0 Å². The van der Waals surface area contributed by atoms with Gasteiger partial charge in [-0.05, 0) is 6.42 Å². The van der Waals surface area contributed by atoms with E-state index in [9.17, 15) is 4.79 Å². The molecule has 0 saturated carbocycles. The van der Waals surface area contributed by atoms with E-state index in [1.807, 2.05) is 0 Å². The number of carbonyl (C=O) groups is 1. The number of aldehydes is 1. The van der Waals surface area contributed by atoms with Crippen molar-refractivity contribution in [3.63, 3.8) is 0 Å². The zero-order valence-electron chi connectivity index (χ0n) is 4.87. The summed E-state index contributed by atoms with van der Waals surface area (Å²) < 4.78 is 0. The number of hydrogen-bond acceptors (Lipinski definition) is 3. The average molecular weight is 122 g/mol. The highest BCUT2D eigenvalue weighted by atomic mass is 16.1. The van der Waals surface area contributed by atoms with Gasteiger partial charge in [0.2, 0.25) is 0 Å². The van der Waals surface area contributed by atoms with Crippen molar-refractivity contribution in [3.05, 3.63) is 0 Å². The van der Waals surface area contributed by atoms with Gasteiger partial charge in [0.05, 0.1) is 12.1 Å². The fourth-order valence-electron chi connectivity index (χ4n) is 0.393. The Hall–Kier alpha value is -1.35. The number of carbonyl (C=O) groups excluding carboxylic acids is 1. The summed E-state index contributed by atoms with van der Waals surface area (Å²) in [6, 6.07) is 3.53. The van der Waals surface area contributed by atoms with Crippen LogP contribution in [0.1, 0.15) is 12.8 Å². The van der Waals surface area contributed by atoms with Crippen LogP contribution in [-0.2, 0) is 4.79 Å². The highest BCUT2D eigenvalue weighted by Crippen LogP contribution is 2.00. The van der Waals surface area contributed by atoms with Crippen LogP contribution in [0.4, 0.5) is 0 Å². The molecule has 0 aliphatic heterocycles. The van der Waals surface area contributed by atoms with Crippen LogP contribution in [0.15, 0.2) is 0 Å². The zero-order valence-corrected chi connectivity index (χ0v) is 4.87. The third-order valence-corrected chi connectivity index (χ3v) is 0.885. The molecule has 46 valence electrons. The summed E-state index contributed by atoms with van der Waals surface area (Å²) in [7, 11) is 0. The summed E-state index contributed by atoms with van der Waals surface area (Å²) in [5.74, 6) is -0.616. The molecule has 0 amide bonds. The summed E-state index contributed by atoms with van der Waals surface area (Å²) in [5, 5.41) is 16.3. The molecule has 0 radical (unpaired) electrons. The molecule has 0 aliphatic carbocycles. The van der Waals surface area contributed by atoms with Crippen molar-refractivity contribution in [2.24, 2.45) is 5.92 Å². The lowest BCUT2D eigenvalue weighted by atomic mass is 10.1. The first-order chi connectivity index (χ1) is 4.35. The summed E-state index contributed by atoms with van der Waals surface area (Å²) in [6.45, 7) is 0. The SMILES string of the molecule is N#CC(C#N)CCC=O. The lowest BCUT2D eigenvalue weighted by Crippen LogP contribution is -1.91. The molecule has 0 aromatic carbocycles. The van der Waals surface area contributed by atoms with E-state index in [4.69, 9.17) is 10.5 Å². The fourth-order valence-corrected chi connectivity index (χ4v) is 0.393. The summed E-state index contributed by atoms with van der Waals surface area (Å²) in [4.78, 5) is 9.72. The van der Waals surface area contributed by atoms with Crippen molar-refractivity contribution in [2.75, 3.05) is 0 Å². The van der Waals surface area contributed by atoms with E-state index in [1.54, 1.807) is 12.1 Å². The van der Waals surface area contributed by atoms with Crippen LogP contribution in [0, 0.1) is 28.6 Å². The van der Waals surface area contributed by atoms with E-state index in [1.165, 1.54) is 0 Å². The van der Waals surface area contributed by atoms with E-state index in [0.29, 0.717) is 19.1 Å². The maximum atomic E-state index is 9.72. The van der Waals surface area contributed by atoms with Crippen LogP contribution in [0.5, 0.6) is 0 Å². The Morgan fingerprint density at radius 1 is 1.44 bits per heavy atom. The number of nitrogens with zero attached hydrogens (tertiary/aromatic N) is 2. The van der Waals surface area contributed by atoms with Crippen LogP contribution in [0.2, 0.25) is 0 Å². The second-order valence-corrected chi connectivity index (χ2v) is 1.55. The molecule has 0 aromatic heterocycles. The molecule has 0 aliphatic rings. The molecule has 3 heteroatoms. The molecule has 0 heterocycles. The molecule has 0 saturated heterocycles. The molecule has 0 fully saturated rings. The third-order valence-electron chi connectivity index (χ3n) is 0.885. The van der Waals surface area contributed by atoms with E-state index in [2.05, 4.69) is 0 Å². The first-order valence-corrected chi connectivity index (χ1v) is 2.58. The van der Waals surface area contributed by atoms with Crippen LogP contribution in [0.25, 0.3) is 0 Å². The standard InChI is InChI=1S/C6H6N2O/c7-4-6(5-8)2-1-3-9/h3,6H,1-2H2. The average Bonchev–Trinajstić information content (AvgIpc) is 1.91. The Morgan fingerprint density at radius 2 is 2.00 bits per heavy atom. The molecular formula is C6H6N2O. The summed E-state index contributed by atoms with van der Waals surface area (Å²) in [6.07, 6.45) is 1.37. The second kappa shape index (κ2) is 4.80. The number of nitriles is 2. The highest BCUT2D eigenvalue weighted by Gasteiger charge is 2.02. The topological polar surface area (TPSA) is 64.7 Å². The van der Waals surface area contributed by atoms with E-state index >= 15 is 0 Å². The van der Waals surface area contributed by atoms with Crippen LogP contribution in [0.3, 0.4) is 0 Å². The van der Waals surface area contributed by atoms with Gasteiger partial charge in [-0.1, -0.05) is 0 Å². The first-order valence-electron chi connectivity index (χ1n) is 2.58. The number of hydrogen-bond donors (Lipinski definition) is 0. The van der Waals surface area contributed by atoms with Crippen LogP contribution < -0.4 is 0 Å². The van der Waals surface area contributed by atoms with E-state index in [0.717, 1.165) is 0 Å². The van der Waals surface area contributed by atoms with Crippen molar-refractivity contribution < 1.29 is 4.79 Å². The van der Waals surface area contributed by atoms with E-state index < -0.39 is 5.92 Å². The normalized spacial score (nSPS) is 7.89. The van der Waals surface area contributed by atoms with Gasteiger partial charge in [0, 0.05) is 6.42 Å². The maximum Gasteiger partial charge on any atom is 0.133 e. The Kier molecular flexibility index (Phi) is 4.08. The molecular weight excluding hydrogens is 116 g/mol. The largest absolute Gasteiger partial charge is 0.303 e. The monoisotopic (exact) mass is 122 g/mol. The quantitative estimate of drug-likeness (QED) is 0.515. The van der Waals surface area contributed by atoms with Crippen molar-refractivity contribution in [1.29, 1.82) is 10.5 Å². The predicted molar refractivity (Wildman–Crippen MR) is 30.0 cm³/mol. The van der Waals surface area contributed by atoms with Gasteiger partial charge in [-0.25, -0.2) is 0 Å². The minimum atomic E-state index is -0.616. The van der Waals surface area contributed by atoms with Gasteiger partial charge < -0.3 is 4.79 Å². The predicted octanol–water partition coefficient (Wildman–Crippen LogP) is 0.629. The van der Waals surface area contributed by atoms with Crippen molar-refractivity contribution in [1.82, 2.24) is 0 Å². The fraction of sp³-hybridized carbons (Fsp3) is 0.500. The molecule has 3 nitrogen and oxygen atoms in total. The van der Waals surface area contributed by atoms with Gasteiger partial charge in [-0.15, -0.1) is 0 Å². The zero-order chi connectivity index (χ0) is 7.11. The summed E-state index contributed by atoms with van der Waals surface area (Å²) >= 11 is 0. The molecule has 0 bridgehead atoms. The molecule has 0 rings (SSSR count). The number of rotatable bonds is 3. The molecule has 0 atom stereocenters. The minimum Gasteiger partial charge on any atom is -0.303 e. The van der Waals surface area contributed by atoms with Gasteiger partial charge in [0.1, 0.15) is 12.2 Å². The van der Waals surface area contributed by atoms with Gasteiger partial charge in [-0.3, -0.25) is 0 Å². The lowest BCUT2D eigenvalue weighted by Gasteiger charge is -1.89. The Balaban J connectivity index is 3.50. The Labute approximate surface area is 53.5 Å². The summed E-state index contributed by atoms with van der Waals surface area (Å²) in [5.41, 5.74) is 0. The van der Waals surface area contributed by atoms with Gasteiger partial charge in [0.15, 0.2) is 0 Å². The lowest BCUT2D eigenvalue weighted by molar-refractivity contribution is -0.107. The molecule has 0 spiro atoms.